The molecule has 3 heterocycles. The average Bonchev–Trinajstić information content (AvgIpc) is 3.89. The normalized spacial score (nSPS) is 11.8. The Balaban J connectivity index is 1.09. The van der Waals surface area contributed by atoms with E-state index in [0.29, 0.717) is 23.4 Å². The Morgan fingerprint density at radius 2 is 1.00 bits per heavy atom. The number of hydrogen-bond acceptors (Lipinski definition) is 5. The van der Waals surface area contributed by atoms with Crippen LogP contribution in [0.1, 0.15) is 0 Å². The molecule has 0 aliphatic carbocycles. The molecular weight excluding hydrogens is 711 g/mol. The number of nitrogens with zero attached hydrogens (tertiary/aromatic N) is 5. The molecule has 12 rings (SSSR count). The van der Waals surface area contributed by atoms with Gasteiger partial charge in [0.15, 0.2) is 23.1 Å². The lowest BCUT2D eigenvalue weighted by Gasteiger charge is -2.13. The third-order valence-electron chi connectivity index (χ3n) is 11.3. The first-order valence-electron chi connectivity index (χ1n) is 19.4. The minimum absolute atomic E-state index is 0.606. The quantitative estimate of drug-likeness (QED) is 0.164. The van der Waals surface area contributed by atoms with Gasteiger partial charge < -0.3 is 8.98 Å². The number of aromatic nitrogens is 5. The molecule has 9 aromatic carbocycles. The van der Waals surface area contributed by atoms with E-state index in [1.165, 1.54) is 5.39 Å². The van der Waals surface area contributed by atoms with Crippen LogP contribution in [0.5, 0.6) is 0 Å². The number of oxazole rings is 1. The molecule has 0 saturated heterocycles. The SMILES string of the molecule is c1ccc(-c2nc(-c3ccc4c(c3)c3ccccc3n4-c3ccccc3)nc(-c3cccc4c3ccc3ccc5ccc6nc(-c7ccccc7)oc6c5c34)n2)cc1. The summed E-state index contributed by atoms with van der Waals surface area (Å²) in [5.74, 6) is 2.45. The highest BCUT2D eigenvalue weighted by molar-refractivity contribution is 6.27. The van der Waals surface area contributed by atoms with Crippen LogP contribution in [-0.4, -0.2) is 24.5 Å². The summed E-state index contributed by atoms with van der Waals surface area (Å²) in [5.41, 5.74) is 8.70. The first-order chi connectivity index (χ1) is 28.7. The van der Waals surface area contributed by atoms with Crippen molar-refractivity contribution >= 4 is 65.2 Å². The van der Waals surface area contributed by atoms with Gasteiger partial charge in [0, 0.05) is 49.5 Å². The van der Waals surface area contributed by atoms with Crippen LogP contribution in [0.15, 0.2) is 192 Å². The van der Waals surface area contributed by atoms with Crippen LogP contribution >= 0.6 is 0 Å². The van der Waals surface area contributed by atoms with Gasteiger partial charge in [-0.3, -0.25) is 0 Å². The number of para-hydroxylation sites is 2. The lowest BCUT2D eigenvalue weighted by molar-refractivity contribution is 0.623. The molecule has 6 heteroatoms. The second-order valence-corrected chi connectivity index (χ2v) is 14.6. The van der Waals surface area contributed by atoms with E-state index in [4.69, 9.17) is 24.4 Å². The second kappa shape index (κ2) is 12.8. The Kier molecular flexibility index (Phi) is 7.13. The zero-order chi connectivity index (χ0) is 38.2. The fraction of sp³-hybridized carbons (Fsp3) is 0. The van der Waals surface area contributed by atoms with Crippen LogP contribution in [0.3, 0.4) is 0 Å². The third kappa shape index (κ3) is 5.05. The zero-order valence-electron chi connectivity index (χ0n) is 31.0. The summed E-state index contributed by atoms with van der Waals surface area (Å²) < 4.78 is 8.93. The maximum absolute atomic E-state index is 6.61. The van der Waals surface area contributed by atoms with Crippen molar-refractivity contribution in [3.8, 4) is 51.3 Å². The number of hydrogen-bond donors (Lipinski definition) is 0. The molecule has 0 bridgehead atoms. The summed E-state index contributed by atoms with van der Waals surface area (Å²) in [6.45, 7) is 0. The Labute approximate surface area is 332 Å². The first kappa shape index (κ1) is 32.3. The zero-order valence-corrected chi connectivity index (χ0v) is 31.0. The van der Waals surface area contributed by atoms with Crippen molar-refractivity contribution < 1.29 is 4.42 Å². The lowest BCUT2D eigenvalue weighted by atomic mass is 9.93. The highest BCUT2D eigenvalue weighted by Crippen LogP contribution is 2.41. The van der Waals surface area contributed by atoms with Gasteiger partial charge in [0.1, 0.15) is 5.52 Å². The van der Waals surface area contributed by atoms with E-state index in [-0.39, 0.29) is 0 Å². The molecule has 3 aromatic heterocycles. The highest BCUT2D eigenvalue weighted by atomic mass is 16.3. The number of rotatable bonds is 5. The summed E-state index contributed by atoms with van der Waals surface area (Å²) in [7, 11) is 0. The third-order valence-corrected chi connectivity index (χ3v) is 11.3. The molecule has 0 aliphatic heterocycles. The molecule has 0 amide bonds. The van der Waals surface area contributed by atoms with Crippen LogP contribution < -0.4 is 0 Å². The van der Waals surface area contributed by atoms with Gasteiger partial charge in [-0.05, 0) is 76.1 Å². The standard InChI is InChI=1S/C52H31N5O/c1-4-13-34(14-5-1)49-54-50(36-27-30-45-42(31-36)39-19-10-11-22-44(39)57(45)37-17-8-3-9-18-37)56-51(55-49)41-21-12-20-40-38(41)28-25-32-23-24-33-26-29-43-48(47(33)46(32)40)58-52(53-43)35-15-6-2-7-16-35/h1-31H. The minimum Gasteiger partial charge on any atom is -0.435 e. The summed E-state index contributed by atoms with van der Waals surface area (Å²) >= 11 is 0. The van der Waals surface area contributed by atoms with E-state index >= 15 is 0 Å². The van der Waals surface area contributed by atoms with E-state index in [0.717, 1.165) is 87.8 Å². The average molecular weight is 742 g/mol. The van der Waals surface area contributed by atoms with Gasteiger partial charge in [-0.2, -0.15) is 0 Å². The monoisotopic (exact) mass is 741 g/mol. The van der Waals surface area contributed by atoms with Crippen molar-refractivity contribution in [1.29, 1.82) is 0 Å². The van der Waals surface area contributed by atoms with Crippen molar-refractivity contribution in [3.63, 3.8) is 0 Å². The van der Waals surface area contributed by atoms with Crippen molar-refractivity contribution in [2.45, 2.75) is 0 Å². The molecule has 12 aromatic rings. The Hall–Kier alpha value is -7.96. The predicted molar refractivity (Wildman–Crippen MR) is 236 cm³/mol. The van der Waals surface area contributed by atoms with E-state index in [1.54, 1.807) is 0 Å². The smallest absolute Gasteiger partial charge is 0.227 e. The minimum atomic E-state index is 0.606. The molecule has 0 aliphatic rings. The molecule has 0 radical (unpaired) electrons. The molecule has 0 fully saturated rings. The summed E-state index contributed by atoms with van der Waals surface area (Å²) in [6, 6.07) is 65.1. The van der Waals surface area contributed by atoms with Crippen LogP contribution in [0.4, 0.5) is 0 Å². The highest BCUT2D eigenvalue weighted by Gasteiger charge is 2.20. The molecule has 6 nitrogen and oxygen atoms in total. The predicted octanol–water partition coefficient (Wildman–Crippen LogP) is 13.2. The van der Waals surface area contributed by atoms with Crippen LogP contribution in [0.25, 0.3) is 117 Å². The maximum atomic E-state index is 6.61. The molecule has 270 valence electrons. The van der Waals surface area contributed by atoms with Crippen molar-refractivity contribution in [2.24, 2.45) is 0 Å². The molecule has 0 saturated carbocycles. The second-order valence-electron chi connectivity index (χ2n) is 14.6. The van der Waals surface area contributed by atoms with Crippen LogP contribution in [0.2, 0.25) is 0 Å². The molecule has 0 N–H and O–H groups in total. The van der Waals surface area contributed by atoms with Gasteiger partial charge >= 0.3 is 0 Å². The topological polar surface area (TPSA) is 69.6 Å². The molecule has 0 unspecified atom stereocenters. The van der Waals surface area contributed by atoms with Gasteiger partial charge in [0.05, 0.1) is 11.0 Å². The molecule has 0 atom stereocenters. The fourth-order valence-electron chi connectivity index (χ4n) is 8.58. The first-order valence-corrected chi connectivity index (χ1v) is 19.4. The van der Waals surface area contributed by atoms with Gasteiger partial charge in [0.25, 0.3) is 0 Å². The van der Waals surface area contributed by atoms with Crippen molar-refractivity contribution in [1.82, 2.24) is 24.5 Å². The lowest BCUT2D eigenvalue weighted by Crippen LogP contribution is -2.00. The van der Waals surface area contributed by atoms with E-state index in [2.05, 4.69) is 138 Å². The van der Waals surface area contributed by atoms with E-state index < -0.39 is 0 Å². The molecule has 0 spiro atoms. The van der Waals surface area contributed by atoms with Crippen LogP contribution in [-0.2, 0) is 0 Å². The van der Waals surface area contributed by atoms with Crippen molar-refractivity contribution in [2.75, 3.05) is 0 Å². The fourth-order valence-corrected chi connectivity index (χ4v) is 8.58. The Morgan fingerprint density at radius 1 is 0.379 bits per heavy atom. The Morgan fingerprint density at radius 3 is 1.81 bits per heavy atom. The van der Waals surface area contributed by atoms with Gasteiger partial charge in [-0.25, -0.2) is 19.9 Å². The van der Waals surface area contributed by atoms with Gasteiger partial charge in [-0.1, -0.05) is 133 Å². The number of benzene rings is 9. The Bertz CT molecular complexity index is 3560. The summed E-state index contributed by atoms with van der Waals surface area (Å²) in [6.07, 6.45) is 0. The van der Waals surface area contributed by atoms with Crippen LogP contribution in [0, 0.1) is 0 Å². The van der Waals surface area contributed by atoms with Gasteiger partial charge in [-0.15, -0.1) is 0 Å². The number of fused-ring (bicyclic) bond motifs is 10. The van der Waals surface area contributed by atoms with Gasteiger partial charge in [0.2, 0.25) is 5.89 Å². The molecule has 58 heavy (non-hydrogen) atoms. The van der Waals surface area contributed by atoms with E-state index in [9.17, 15) is 0 Å². The van der Waals surface area contributed by atoms with E-state index in [1.807, 2.05) is 54.6 Å². The summed E-state index contributed by atoms with van der Waals surface area (Å²) in [5, 5.41) is 8.79. The maximum Gasteiger partial charge on any atom is 0.227 e. The van der Waals surface area contributed by atoms with Crippen molar-refractivity contribution in [3.05, 3.63) is 188 Å². The summed E-state index contributed by atoms with van der Waals surface area (Å²) in [4.78, 5) is 20.5. The molecular formula is C52H31N5O. The largest absolute Gasteiger partial charge is 0.435 e.